The number of carbonyl (C=O) groups is 1. The minimum Gasteiger partial charge on any atom is -0.321 e. The second kappa shape index (κ2) is 8.36. The molecule has 0 atom stereocenters. The lowest BCUT2D eigenvalue weighted by molar-refractivity contribution is -0.385. The molecule has 0 saturated carbocycles. The van der Waals surface area contributed by atoms with Gasteiger partial charge in [0.15, 0.2) is 0 Å². The summed E-state index contributed by atoms with van der Waals surface area (Å²) >= 11 is 7.68. The van der Waals surface area contributed by atoms with Gasteiger partial charge < -0.3 is 5.32 Å². The first-order valence-electron chi connectivity index (χ1n) is 7.86. The average Bonchev–Trinajstić information content (AvgIpc) is 2.61. The number of carbonyl (C=O) groups excluding carboxylic acids is 1. The molecule has 0 bridgehead atoms. The number of nitro groups is 1. The van der Waals surface area contributed by atoms with E-state index >= 15 is 0 Å². The van der Waals surface area contributed by atoms with Crippen molar-refractivity contribution in [3.05, 3.63) is 62.2 Å². The highest BCUT2D eigenvalue weighted by molar-refractivity contribution is 7.98. The molecule has 5 nitrogen and oxygen atoms in total. The van der Waals surface area contributed by atoms with E-state index in [9.17, 15) is 14.9 Å². The van der Waals surface area contributed by atoms with Gasteiger partial charge in [-0.25, -0.2) is 0 Å². The Morgan fingerprint density at radius 2 is 1.96 bits per heavy atom. The van der Waals surface area contributed by atoms with Crippen molar-refractivity contribution in [1.82, 2.24) is 0 Å². The molecule has 0 aliphatic rings. The number of nitrogens with zero attached hydrogens (tertiary/aromatic N) is 1. The number of nitrogens with one attached hydrogen (secondary N) is 1. The molecule has 7 heteroatoms. The lowest BCUT2D eigenvalue weighted by Gasteiger charge is -2.16. The Hall–Kier alpha value is -2.05. The fraction of sp³-hybridized carbons (Fsp3) is 0.278. The summed E-state index contributed by atoms with van der Waals surface area (Å²) in [4.78, 5) is 24.3. The van der Waals surface area contributed by atoms with Crippen LogP contribution >= 0.6 is 23.4 Å². The topological polar surface area (TPSA) is 72.2 Å². The second-order valence-electron chi connectivity index (χ2n) is 5.36. The number of benzene rings is 2. The lowest BCUT2D eigenvalue weighted by atomic mass is 10.0. The Kier molecular flexibility index (Phi) is 6.45. The third kappa shape index (κ3) is 4.14. The SMILES string of the molecule is CCc1ccc(Cl)c(CC)c1NC(=O)c1cc(SC)ccc1[N+](=O)[O-]. The van der Waals surface area contributed by atoms with E-state index in [2.05, 4.69) is 5.32 Å². The van der Waals surface area contributed by atoms with Gasteiger partial charge in [-0.3, -0.25) is 14.9 Å². The summed E-state index contributed by atoms with van der Waals surface area (Å²) in [5, 5.41) is 14.7. The molecule has 0 unspecified atom stereocenters. The zero-order valence-electron chi connectivity index (χ0n) is 14.3. The Balaban J connectivity index is 2.51. The number of hydrogen-bond acceptors (Lipinski definition) is 4. The minimum absolute atomic E-state index is 0.0425. The van der Waals surface area contributed by atoms with E-state index in [1.165, 1.54) is 17.8 Å². The first-order chi connectivity index (χ1) is 11.9. The quantitative estimate of drug-likeness (QED) is 0.418. The summed E-state index contributed by atoms with van der Waals surface area (Å²) in [7, 11) is 0. The van der Waals surface area contributed by atoms with Crippen molar-refractivity contribution in [3.8, 4) is 0 Å². The minimum atomic E-state index is -0.543. The van der Waals surface area contributed by atoms with Crippen LogP contribution in [-0.4, -0.2) is 17.1 Å². The van der Waals surface area contributed by atoms with Crippen LogP contribution in [0.5, 0.6) is 0 Å². The van der Waals surface area contributed by atoms with E-state index in [1.54, 1.807) is 12.1 Å². The van der Waals surface area contributed by atoms with Gasteiger partial charge in [-0.05, 0) is 48.4 Å². The number of halogens is 1. The fourth-order valence-corrected chi connectivity index (χ4v) is 3.36. The summed E-state index contributed by atoms with van der Waals surface area (Å²) in [5.74, 6) is -0.505. The number of thioether (sulfide) groups is 1. The molecule has 0 aliphatic carbocycles. The first kappa shape index (κ1) is 19.3. The van der Waals surface area contributed by atoms with Crippen molar-refractivity contribution < 1.29 is 9.72 Å². The maximum absolute atomic E-state index is 12.8. The maximum Gasteiger partial charge on any atom is 0.282 e. The third-order valence-electron chi connectivity index (χ3n) is 3.96. The highest BCUT2D eigenvalue weighted by atomic mass is 35.5. The average molecular weight is 379 g/mol. The van der Waals surface area contributed by atoms with Crippen LogP contribution in [0.25, 0.3) is 0 Å². The van der Waals surface area contributed by atoms with Gasteiger partial charge >= 0.3 is 0 Å². The van der Waals surface area contributed by atoms with Gasteiger partial charge in [-0.15, -0.1) is 11.8 Å². The predicted octanol–water partition coefficient (Wildman–Crippen LogP) is 5.35. The van der Waals surface area contributed by atoms with Crippen LogP contribution in [0.3, 0.4) is 0 Å². The Morgan fingerprint density at radius 3 is 2.52 bits per heavy atom. The summed E-state index contributed by atoms with van der Waals surface area (Å²) in [6, 6.07) is 8.21. The first-order valence-corrected chi connectivity index (χ1v) is 9.47. The van der Waals surface area contributed by atoms with E-state index in [1.807, 2.05) is 32.2 Å². The number of amides is 1. The molecule has 2 aromatic carbocycles. The summed E-state index contributed by atoms with van der Waals surface area (Å²) in [5.41, 5.74) is 2.25. The number of anilines is 1. The normalized spacial score (nSPS) is 10.6. The van der Waals surface area contributed by atoms with E-state index in [0.29, 0.717) is 23.6 Å². The van der Waals surface area contributed by atoms with Crippen LogP contribution in [0.2, 0.25) is 5.02 Å². The van der Waals surface area contributed by atoms with E-state index in [4.69, 9.17) is 11.6 Å². The summed E-state index contributed by atoms with van der Waals surface area (Å²) in [6.07, 6.45) is 3.21. The molecule has 2 aromatic rings. The largest absolute Gasteiger partial charge is 0.321 e. The lowest BCUT2D eigenvalue weighted by Crippen LogP contribution is -2.16. The molecule has 25 heavy (non-hydrogen) atoms. The van der Waals surface area contributed by atoms with Crippen molar-refractivity contribution in [2.24, 2.45) is 0 Å². The van der Waals surface area contributed by atoms with Gasteiger partial charge in [-0.2, -0.15) is 0 Å². The molecule has 0 fully saturated rings. The molecule has 1 N–H and O–H groups in total. The zero-order valence-corrected chi connectivity index (χ0v) is 15.8. The van der Waals surface area contributed by atoms with Gasteiger partial charge in [0.25, 0.3) is 11.6 Å². The van der Waals surface area contributed by atoms with Crippen molar-refractivity contribution in [2.75, 3.05) is 11.6 Å². The molecule has 0 aliphatic heterocycles. The van der Waals surface area contributed by atoms with Crippen LogP contribution in [0, 0.1) is 10.1 Å². The summed E-state index contributed by atoms with van der Waals surface area (Å²) < 4.78 is 0. The highest BCUT2D eigenvalue weighted by Gasteiger charge is 2.22. The number of aryl methyl sites for hydroxylation is 1. The second-order valence-corrected chi connectivity index (χ2v) is 6.65. The van der Waals surface area contributed by atoms with Crippen LogP contribution in [0.15, 0.2) is 35.2 Å². The maximum atomic E-state index is 12.8. The van der Waals surface area contributed by atoms with E-state index in [-0.39, 0.29) is 11.3 Å². The Bertz CT molecular complexity index is 824. The molecule has 132 valence electrons. The van der Waals surface area contributed by atoms with Gasteiger partial charge in [0.1, 0.15) is 5.56 Å². The molecule has 0 spiro atoms. The van der Waals surface area contributed by atoms with Gasteiger partial charge in [-0.1, -0.05) is 31.5 Å². The van der Waals surface area contributed by atoms with Gasteiger partial charge in [0.05, 0.1) is 4.92 Å². The molecule has 0 aromatic heterocycles. The molecule has 0 radical (unpaired) electrons. The zero-order chi connectivity index (χ0) is 18.6. The molecule has 2 rings (SSSR count). The monoisotopic (exact) mass is 378 g/mol. The molecule has 0 saturated heterocycles. The Labute approximate surface area is 155 Å². The van der Waals surface area contributed by atoms with Crippen molar-refractivity contribution >= 4 is 40.6 Å². The number of hydrogen-bond donors (Lipinski definition) is 1. The third-order valence-corrected chi connectivity index (χ3v) is 5.04. The summed E-state index contributed by atoms with van der Waals surface area (Å²) in [6.45, 7) is 3.93. The van der Waals surface area contributed by atoms with Crippen molar-refractivity contribution in [3.63, 3.8) is 0 Å². The number of nitro benzene ring substituents is 1. The van der Waals surface area contributed by atoms with Crippen molar-refractivity contribution in [1.29, 1.82) is 0 Å². The molecule has 0 heterocycles. The van der Waals surface area contributed by atoms with E-state index < -0.39 is 10.8 Å². The van der Waals surface area contributed by atoms with Crippen LogP contribution in [0.4, 0.5) is 11.4 Å². The fourth-order valence-electron chi connectivity index (χ4n) is 2.63. The Morgan fingerprint density at radius 1 is 1.24 bits per heavy atom. The highest BCUT2D eigenvalue weighted by Crippen LogP contribution is 2.31. The van der Waals surface area contributed by atoms with Crippen LogP contribution < -0.4 is 5.32 Å². The predicted molar refractivity (Wildman–Crippen MR) is 103 cm³/mol. The van der Waals surface area contributed by atoms with Crippen LogP contribution in [0.1, 0.15) is 35.3 Å². The van der Waals surface area contributed by atoms with Gasteiger partial charge in [0, 0.05) is 21.7 Å². The van der Waals surface area contributed by atoms with Gasteiger partial charge in [0.2, 0.25) is 0 Å². The molecular weight excluding hydrogens is 360 g/mol. The standard InChI is InChI=1S/C18H19ClN2O3S/c1-4-11-6-8-15(19)13(5-2)17(11)20-18(22)14-10-12(25-3)7-9-16(14)21(23)24/h6-10H,4-5H2,1-3H3,(H,20,22). The molecular formula is C18H19ClN2O3S. The smallest absolute Gasteiger partial charge is 0.282 e. The van der Waals surface area contributed by atoms with Crippen LogP contribution in [-0.2, 0) is 12.8 Å². The van der Waals surface area contributed by atoms with E-state index in [0.717, 1.165) is 16.0 Å². The molecule has 1 amide bonds. The van der Waals surface area contributed by atoms with Crippen molar-refractivity contribution in [2.45, 2.75) is 31.6 Å². The number of rotatable bonds is 6.